The molecule has 0 saturated heterocycles. The highest BCUT2D eigenvalue weighted by Crippen LogP contribution is 2.36. The zero-order valence-corrected chi connectivity index (χ0v) is 19.7. The molecule has 0 radical (unpaired) electrons. The lowest BCUT2D eigenvalue weighted by atomic mass is 10.2. The van der Waals surface area contributed by atoms with Crippen molar-refractivity contribution in [2.45, 2.75) is 24.8 Å². The number of carbonyl (C=O) groups is 1. The third kappa shape index (κ3) is 5.07. The van der Waals surface area contributed by atoms with Crippen LogP contribution in [0.15, 0.2) is 71.6 Å². The van der Waals surface area contributed by atoms with E-state index in [-0.39, 0.29) is 30.1 Å². The quantitative estimate of drug-likeness (QED) is 0.548. The van der Waals surface area contributed by atoms with Gasteiger partial charge < -0.3 is 14.8 Å². The second-order valence-electron chi connectivity index (χ2n) is 7.70. The van der Waals surface area contributed by atoms with Crippen LogP contribution in [-0.2, 0) is 14.8 Å². The summed E-state index contributed by atoms with van der Waals surface area (Å²) in [4.78, 5) is 12.4. The predicted octanol–water partition coefficient (Wildman–Crippen LogP) is 4.64. The van der Waals surface area contributed by atoms with E-state index in [1.807, 2.05) is 13.8 Å². The number of amides is 1. The molecule has 4 rings (SSSR count). The van der Waals surface area contributed by atoms with Crippen LogP contribution in [0.4, 0.5) is 11.4 Å². The van der Waals surface area contributed by atoms with Crippen molar-refractivity contribution >= 4 is 38.9 Å². The van der Waals surface area contributed by atoms with E-state index >= 15 is 0 Å². The highest BCUT2D eigenvalue weighted by molar-refractivity contribution is 7.92. The minimum atomic E-state index is -3.80. The van der Waals surface area contributed by atoms with Gasteiger partial charge in [0, 0.05) is 10.7 Å². The van der Waals surface area contributed by atoms with E-state index < -0.39 is 10.0 Å². The Labute approximate surface area is 197 Å². The minimum absolute atomic E-state index is 0.122. The van der Waals surface area contributed by atoms with Gasteiger partial charge in [-0.2, -0.15) is 0 Å². The van der Waals surface area contributed by atoms with Crippen molar-refractivity contribution in [2.24, 2.45) is 0 Å². The van der Waals surface area contributed by atoms with Crippen molar-refractivity contribution in [3.63, 3.8) is 0 Å². The number of halogens is 1. The topological polar surface area (TPSA) is 84.9 Å². The third-order valence-corrected chi connectivity index (χ3v) is 7.33. The normalized spacial score (nSPS) is 15.4. The molecule has 7 nitrogen and oxygen atoms in total. The van der Waals surface area contributed by atoms with Gasteiger partial charge in [-0.15, -0.1) is 0 Å². The maximum atomic E-state index is 13.3. The van der Waals surface area contributed by atoms with E-state index in [0.29, 0.717) is 27.9 Å². The molecule has 0 bridgehead atoms. The maximum absolute atomic E-state index is 13.3. The summed E-state index contributed by atoms with van der Waals surface area (Å²) in [5, 5.41) is 3.32. The van der Waals surface area contributed by atoms with Gasteiger partial charge in [-0.3, -0.25) is 9.10 Å². The first-order valence-corrected chi connectivity index (χ1v) is 12.1. The summed E-state index contributed by atoms with van der Waals surface area (Å²) < 4.78 is 39.2. The number of nitrogens with one attached hydrogen (secondary N) is 1. The lowest BCUT2D eigenvalue weighted by Gasteiger charge is -2.34. The number of aryl methyl sites for hydroxylation is 1. The van der Waals surface area contributed by atoms with Gasteiger partial charge in [0.05, 0.1) is 17.1 Å². The van der Waals surface area contributed by atoms with Crippen LogP contribution >= 0.6 is 11.6 Å². The first-order valence-electron chi connectivity index (χ1n) is 10.3. The van der Waals surface area contributed by atoms with Crippen LogP contribution in [0.5, 0.6) is 11.5 Å². The van der Waals surface area contributed by atoms with Crippen LogP contribution in [0.2, 0.25) is 5.02 Å². The van der Waals surface area contributed by atoms with E-state index in [4.69, 9.17) is 21.1 Å². The van der Waals surface area contributed by atoms with E-state index in [9.17, 15) is 13.2 Å². The fourth-order valence-corrected chi connectivity index (χ4v) is 5.13. The highest BCUT2D eigenvalue weighted by atomic mass is 35.5. The van der Waals surface area contributed by atoms with Crippen LogP contribution in [0.3, 0.4) is 0 Å². The number of fused-ring (bicyclic) bond motifs is 1. The van der Waals surface area contributed by atoms with Crippen molar-refractivity contribution in [3.05, 3.63) is 77.3 Å². The van der Waals surface area contributed by atoms with Gasteiger partial charge in [-0.05, 0) is 74.0 Å². The number of nitrogens with zero attached hydrogens (tertiary/aromatic N) is 1. The number of ether oxygens (including phenoxy) is 2. The number of carbonyl (C=O) groups excluding carboxylic acids is 1. The van der Waals surface area contributed by atoms with Crippen molar-refractivity contribution in [3.8, 4) is 11.5 Å². The number of hydrogen-bond acceptors (Lipinski definition) is 5. The fourth-order valence-electron chi connectivity index (χ4n) is 3.47. The summed E-state index contributed by atoms with van der Waals surface area (Å²) in [5.74, 6) is 0.697. The van der Waals surface area contributed by atoms with Gasteiger partial charge in [-0.25, -0.2) is 8.42 Å². The second kappa shape index (κ2) is 9.33. The fraction of sp³-hybridized carbons (Fsp3) is 0.208. The van der Waals surface area contributed by atoms with E-state index in [0.717, 1.165) is 5.56 Å². The van der Waals surface area contributed by atoms with Crippen molar-refractivity contribution < 1.29 is 22.7 Å². The summed E-state index contributed by atoms with van der Waals surface area (Å²) >= 11 is 5.99. The van der Waals surface area contributed by atoms with Gasteiger partial charge in [-0.1, -0.05) is 23.7 Å². The Morgan fingerprint density at radius 2 is 1.88 bits per heavy atom. The second-order valence-corrected chi connectivity index (χ2v) is 9.97. The van der Waals surface area contributed by atoms with Gasteiger partial charge >= 0.3 is 0 Å². The molecule has 0 saturated carbocycles. The third-order valence-electron chi connectivity index (χ3n) is 5.11. The molecule has 1 N–H and O–H groups in total. The number of hydrogen-bond donors (Lipinski definition) is 1. The molecule has 0 aliphatic carbocycles. The first-order chi connectivity index (χ1) is 15.7. The number of benzene rings is 3. The highest BCUT2D eigenvalue weighted by Gasteiger charge is 2.32. The molecule has 0 fully saturated rings. The van der Waals surface area contributed by atoms with Crippen LogP contribution in [-0.4, -0.2) is 33.6 Å². The zero-order chi connectivity index (χ0) is 23.6. The Bertz CT molecular complexity index is 1280. The van der Waals surface area contributed by atoms with Crippen LogP contribution in [0.1, 0.15) is 12.5 Å². The van der Waals surface area contributed by atoms with Crippen LogP contribution < -0.4 is 19.1 Å². The lowest BCUT2D eigenvalue weighted by molar-refractivity contribution is -0.118. The summed E-state index contributed by atoms with van der Waals surface area (Å²) in [6.07, 6.45) is -0.280. The number of sulfonamides is 1. The molecule has 0 aromatic heterocycles. The molecule has 9 heteroatoms. The van der Waals surface area contributed by atoms with E-state index in [2.05, 4.69) is 5.32 Å². The molecule has 1 amide bonds. The first kappa shape index (κ1) is 22.9. The molecule has 1 atom stereocenters. The van der Waals surface area contributed by atoms with E-state index in [1.165, 1.54) is 16.4 Å². The summed E-state index contributed by atoms with van der Waals surface area (Å²) in [6.45, 7) is 3.69. The average molecular weight is 487 g/mol. The smallest absolute Gasteiger partial charge is 0.264 e. The molecular formula is C24H23ClN2O5S. The van der Waals surface area contributed by atoms with Gasteiger partial charge in [0.15, 0.2) is 6.61 Å². The Hall–Kier alpha value is -3.23. The van der Waals surface area contributed by atoms with Gasteiger partial charge in [0.25, 0.3) is 15.9 Å². The molecule has 1 aliphatic heterocycles. The van der Waals surface area contributed by atoms with Crippen molar-refractivity contribution in [2.75, 3.05) is 22.8 Å². The number of para-hydroxylation sites is 2. The molecule has 3 aromatic rings. The zero-order valence-electron chi connectivity index (χ0n) is 18.1. The maximum Gasteiger partial charge on any atom is 0.264 e. The Kier molecular flexibility index (Phi) is 6.49. The Morgan fingerprint density at radius 1 is 1.15 bits per heavy atom. The lowest BCUT2D eigenvalue weighted by Crippen LogP contribution is -2.42. The van der Waals surface area contributed by atoms with Gasteiger partial charge in [0.1, 0.15) is 17.6 Å². The Morgan fingerprint density at radius 3 is 2.61 bits per heavy atom. The summed E-state index contributed by atoms with van der Waals surface area (Å²) in [6, 6.07) is 18.2. The SMILES string of the molecule is Cc1cc(OCC(=O)Nc2ccc(S(=O)(=O)N3CC(C)Oc4ccccc43)cc2)ccc1Cl. The van der Waals surface area contributed by atoms with Crippen molar-refractivity contribution in [1.82, 2.24) is 0 Å². The molecule has 0 spiro atoms. The monoisotopic (exact) mass is 486 g/mol. The minimum Gasteiger partial charge on any atom is -0.487 e. The molecule has 1 unspecified atom stereocenters. The standard InChI is InChI=1S/C24H23ClN2O5S/c1-16-13-19(9-12-21(16)25)31-15-24(28)26-18-7-10-20(11-8-18)33(29,30)27-14-17(2)32-23-6-4-3-5-22(23)27/h3-13,17H,14-15H2,1-2H3,(H,26,28). The predicted molar refractivity (Wildman–Crippen MR) is 128 cm³/mol. The van der Waals surface area contributed by atoms with E-state index in [1.54, 1.807) is 54.6 Å². The molecule has 1 heterocycles. The number of anilines is 2. The summed E-state index contributed by atoms with van der Waals surface area (Å²) in [7, 11) is -3.80. The van der Waals surface area contributed by atoms with Crippen LogP contribution in [0.25, 0.3) is 0 Å². The van der Waals surface area contributed by atoms with Crippen molar-refractivity contribution in [1.29, 1.82) is 0 Å². The van der Waals surface area contributed by atoms with Crippen LogP contribution in [0, 0.1) is 6.92 Å². The molecule has 3 aromatic carbocycles. The summed E-state index contributed by atoms with van der Waals surface area (Å²) in [5.41, 5.74) is 1.82. The average Bonchev–Trinajstić information content (AvgIpc) is 2.79. The Balaban J connectivity index is 1.43. The molecule has 172 valence electrons. The number of rotatable bonds is 6. The molecular weight excluding hydrogens is 464 g/mol. The molecule has 1 aliphatic rings. The van der Waals surface area contributed by atoms with Gasteiger partial charge in [0.2, 0.25) is 0 Å². The largest absolute Gasteiger partial charge is 0.487 e. The molecule has 33 heavy (non-hydrogen) atoms.